The monoisotopic (exact) mass is 341 g/mol. The van der Waals surface area contributed by atoms with Crippen LogP contribution in [0, 0.1) is 51.2 Å². The quantitative estimate of drug-likeness (QED) is 0.775. The number of nitrogens with zero attached hydrogens (tertiary/aromatic N) is 1. The summed E-state index contributed by atoms with van der Waals surface area (Å²) in [5, 5.41) is 19.9. The third-order valence-corrected chi connectivity index (χ3v) is 9.19. The summed E-state index contributed by atoms with van der Waals surface area (Å²) in [4.78, 5) is 12.0. The fourth-order valence-corrected chi connectivity index (χ4v) is 7.41. The van der Waals surface area contributed by atoms with Crippen LogP contribution in [0.5, 0.6) is 0 Å². The van der Waals surface area contributed by atoms with Crippen LogP contribution in [0.4, 0.5) is 0 Å². The van der Waals surface area contributed by atoms with Crippen LogP contribution in [-0.4, -0.2) is 17.5 Å². The van der Waals surface area contributed by atoms with Gasteiger partial charge in [-0.2, -0.15) is 5.26 Å². The molecule has 0 unspecified atom stereocenters. The summed E-state index contributed by atoms with van der Waals surface area (Å²) in [7, 11) is 0. The first kappa shape index (κ1) is 17.3. The molecule has 3 heteroatoms. The number of carbonyl (C=O) groups excluding carboxylic acids is 1. The Bertz CT molecular complexity index is 676. The Balaban J connectivity index is 1.75. The van der Waals surface area contributed by atoms with Crippen LogP contribution in [0.15, 0.2) is 11.6 Å². The molecule has 4 aliphatic carbocycles. The van der Waals surface area contributed by atoms with Crippen molar-refractivity contribution in [2.45, 2.75) is 65.7 Å². The molecule has 3 nitrogen and oxygen atoms in total. The molecule has 3 fully saturated rings. The van der Waals surface area contributed by atoms with Crippen molar-refractivity contribution in [2.24, 2.45) is 39.9 Å². The first-order valence-corrected chi connectivity index (χ1v) is 10.1. The minimum atomic E-state index is -0.211. The van der Waals surface area contributed by atoms with E-state index in [-0.39, 0.29) is 34.6 Å². The molecule has 0 heterocycles. The second kappa shape index (κ2) is 5.43. The number of hydrogen-bond acceptors (Lipinski definition) is 3. The minimum absolute atomic E-state index is 0.0667. The second-order valence-electron chi connectivity index (χ2n) is 9.91. The number of aliphatic hydroxyl groups is 1. The summed E-state index contributed by atoms with van der Waals surface area (Å²) in [5.74, 6) is 2.14. The van der Waals surface area contributed by atoms with Crippen molar-refractivity contribution in [1.29, 1.82) is 5.26 Å². The van der Waals surface area contributed by atoms with Gasteiger partial charge in [-0.3, -0.25) is 4.79 Å². The predicted molar refractivity (Wildman–Crippen MR) is 96.4 cm³/mol. The van der Waals surface area contributed by atoms with Crippen molar-refractivity contribution < 1.29 is 9.90 Å². The standard InChI is InChI=1S/C22H31NO2/c1-20(13-23)7-5-18-16-10-14(12-24)19-11-15(25)4-8-21(19,2)17(16)6-9-22(18,20)3/h11,14,16-18,24H,4-10,12H2,1-3H3/t14-,16-,17+,18+,20-,21-,22+/m1/s1. The third kappa shape index (κ3) is 2.10. The number of aliphatic hydroxyl groups excluding tert-OH is 1. The Morgan fingerprint density at radius 3 is 2.60 bits per heavy atom. The Labute approximate surface area is 151 Å². The van der Waals surface area contributed by atoms with E-state index in [4.69, 9.17) is 0 Å². The zero-order valence-corrected chi connectivity index (χ0v) is 15.8. The molecule has 0 aromatic heterocycles. The maximum absolute atomic E-state index is 12.0. The fourth-order valence-electron chi connectivity index (χ4n) is 7.41. The molecule has 0 radical (unpaired) electrons. The molecule has 25 heavy (non-hydrogen) atoms. The Kier molecular flexibility index (Phi) is 3.75. The number of ketones is 1. The highest BCUT2D eigenvalue weighted by molar-refractivity contribution is 5.91. The number of nitriles is 1. The van der Waals surface area contributed by atoms with E-state index < -0.39 is 0 Å². The van der Waals surface area contributed by atoms with E-state index in [0.29, 0.717) is 24.2 Å². The van der Waals surface area contributed by atoms with E-state index in [1.165, 1.54) is 5.57 Å². The first-order chi connectivity index (χ1) is 11.8. The molecule has 0 bridgehead atoms. The molecule has 0 saturated heterocycles. The van der Waals surface area contributed by atoms with Crippen LogP contribution in [0.25, 0.3) is 0 Å². The van der Waals surface area contributed by atoms with Gasteiger partial charge in [-0.1, -0.05) is 19.4 Å². The van der Waals surface area contributed by atoms with Gasteiger partial charge in [0.2, 0.25) is 0 Å². The van der Waals surface area contributed by atoms with E-state index in [2.05, 4.69) is 26.8 Å². The molecule has 0 amide bonds. The minimum Gasteiger partial charge on any atom is -0.396 e. The number of carbonyl (C=O) groups is 1. The van der Waals surface area contributed by atoms with E-state index in [1.54, 1.807) is 0 Å². The highest BCUT2D eigenvalue weighted by atomic mass is 16.3. The number of rotatable bonds is 1. The normalized spacial score (nSPS) is 51.8. The molecule has 0 aliphatic heterocycles. The van der Waals surface area contributed by atoms with E-state index in [9.17, 15) is 15.2 Å². The SMILES string of the molecule is C[C@]12CCC(=O)C=C1[C@@H](CO)C[C@@H]1[C@@H]2CC[C@@]2(C)[C@H]1CC[C@]2(C)C#N. The summed E-state index contributed by atoms with van der Waals surface area (Å²) in [5.41, 5.74) is 1.19. The van der Waals surface area contributed by atoms with Crippen LogP contribution >= 0.6 is 0 Å². The van der Waals surface area contributed by atoms with Gasteiger partial charge in [0.25, 0.3) is 0 Å². The van der Waals surface area contributed by atoms with Crippen LogP contribution in [0.2, 0.25) is 0 Å². The molecule has 0 spiro atoms. The smallest absolute Gasteiger partial charge is 0.155 e. The van der Waals surface area contributed by atoms with E-state index in [0.717, 1.165) is 38.5 Å². The highest BCUT2D eigenvalue weighted by Gasteiger charge is 2.63. The number of hydrogen-bond donors (Lipinski definition) is 1. The largest absolute Gasteiger partial charge is 0.396 e. The third-order valence-electron chi connectivity index (χ3n) is 9.19. The molecule has 4 aliphatic rings. The summed E-state index contributed by atoms with van der Waals surface area (Å²) in [6.45, 7) is 7.03. The molecule has 0 aromatic rings. The highest BCUT2D eigenvalue weighted by Crippen LogP contribution is 2.70. The molecule has 3 saturated carbocycles. The molecule has 136 valence electrons. The number of fused-ring (bicyclic) bond motifs is 5. The van der Waals surface area contributed by atoms with Gasteiger partial charge in [0, 0.05) is 18.9 Å². The van der Waals surface area contributed by atoms with Crippen molar-refractivity contribution in [3.8, 4) is 6.07 Å². The average molecular weight is 341 g/mol. The zero-order chi connectivity index (χ0) is 18.0. The zero-order valence-electron chi connectivity index (χ0n) is 15.8. The molecule has 7 atom stereocenters. The molecule has 0 aromatic carbocycles. The van der Waals surface area contributed by atoms with Crippen LogP contribution in [0.3, 0.4) is 0 Å². The van der Waals surface area contributed by atoms with Gasteiger partial charge >= 0.3 is 0 Å². The van der Waals surface area contributed by atoms with Crippen molar-refractivity contribution in [3.05, 3.63) is 11.6 Å². The lowest BCUT2D eigenvalue weighted by molar-refractivity contribution is -0.118. The Morgan fingerprint density at radius 2 is 1.92 bits per heavy atom. The summed E-state index contributed by atoms with van der Waals surface area (Å²) < 4.78 is 0. The van der Waals surface area contributed by atoms with Crippen LogP contribution < -0.4 is 0 Å². The lowest BCUT2D eigenvalue weighted by atomic mass is 9.44. The van der Waals surface area contributed by atoms with Crippen molar-refractivity contribution in [3.63, 3.8) is 0 Å². The summed E-state index contributed by atoms with van der Waals surface area (Å²) >= 11 is 0. The van der Waals surface area contributed by atoms with Gasteiger partial charge in [-0.15, -0.1) is 0 Å². The molecule has 1 N–H and O–H groups in total. The van der Waals surface area contributed by atoms with Gasteiger partial charge in [0.1, 0.15) is 0 Å². The molecular formula is C22H31NO2. The van der Waals surface area contributed by atoms with Gasteiger partial charge in [0.05, 0.1) is 11.5 Å². The topological polar surface area (TPSA) is 61.1 Å². The van der Waals surface area contributed by atoms with Crippen LogP contribution in [0.1, 0.15) is 65.7 Å². The maximum atomic E-state index is 12.0. The van der Waals surface area contributed by atoms with Gasteiger partial charge < -0.3 is 5.11 Å². The Morgan fingerprint density at radius 1 is 1.20 bits per heavy atom. The van der Waals surface area contributed by atoms with Crippen molar-refractivity contribution in [2.75, 3.05) is 6.61 Å². The van der Waals surface area contributed by atoms with Gasteiger partial charge in [-0.05, 0) is 80.1 Å². The predicted octanol–water partition coefficient (Wildman–Crippen LogP) is 4.27. The average Bonchev–Trinajstić information content (AvgIpc) is 2.87. The van der Waals surface area contributed by atoms with E-state index >= 15 is 0 Å². The van der Waals surface area contributed by atoms with Gasteiger partial charge in [0.15, 0.2) is 5.78 Å². The Hall–Kier alpha value is -1.14. The van der Waals surface area contributed by atoms with Crippen molar-refractivity contribution in [1.82, 2.24) is 0 Å². The van der Waals surface area contributed by atoms with Crippen molar-refractivity contribution >= 4 is 5.78 Å². The van der Waals surface area contributed by atoms with E-state index in [1.807, 2.05) is 6.08 Å². The lowest BCUT2D eigenvalue weighted by Crippen LogP contribution is -2.54. The fraction of sp³-hybridized carbons (Fsp3) is 0.818. The second-order valence-corrected chi connectivity index (χ2v) is 9.91. The lowest BCUT2D eigenvalue weighted by Gasteiger charge is -2.60. The first-order valence-electron chi connectivity index (χ1n) is 10.1. The maximum Gasteiger partial charge on any atom is 0.155 e. The summed E-state index contributed by atoms with van der Waals surface area (Å²) in [6, 6.07) is 2.67. The molecule has 4 rings (SSSR count). The summed E-state index contributed by atoms with van der Waals surface area (Å²) in [6.07, 6.45) is 8.91. The van der Waals surface area contributed by atoms with Crippen LogP contribution in [-0.2, 0) is 4.79 Å². The molecular weight excluding hydrogens is 310 g/mol. The van der Waals surface area contributed by atoms with Gasteiger partial charge in [-0.25, -0.2) is 0 Å².